The van der Waals surface area contributed by atoms with Gasteiger partial charge >= 0.3 is 6.09 Å². The van der Waals surface area contributed by atoms with Crippen molar-refractivity contribution in [3.05, 3.63) is 64.4 Å². The summed E-state index contributed by atoms with van der Waals surface area (Å²) in [5.74, 6) is 0.633. The van der Waals surface area contributed by atoms with E-state index in [0.717, 1.165) is 24.9 Å². The highest BCUT2D eigenvalue weighted by Gasteiger charge is 2.21. The van der Waals surface area contributed by atoms with Crippen molar-refractivity contribution in [2.24, 2.45) is 0 Å². The highest BCUT2D eigenvalue weighted by atomic mass is 32.2. The third kappa shape index (κ3) is 4.36. The average molecular weight is 424 g/mol. The summed E-state index contributed by atoms with van der Waals surface area (Å²) in [6, 6.07) is 15.6. The number of aryl methyl sites for hydroxylation is 1. The topological polar surface area (TPSA) is 64.4 Å². The van der Waals surface area contributed by atoms with Crippen LogP contribution in [0.2, 0.25) is 0 Å². The summed E-state index contributed by atoms with van der Waals surface area (Å²) in [6.07, 6.45) is 3.06. The average Bonchev–Trinajstić information content (AvgIpc) is 3.18. The zero-order valence-electron chi connectivity index (χ0n) is 17.0. The smallest absolute Gasteiger partial charge is 0.409 e. The maximum Gasteiger partial charge on any atom is 0.409 e. The number of benzene rings is 2. The monoisotopic (exact) mass is 423 g/mol. The van der Waals surface area contributed by atoms with Crippen molar-refractivity contribution in [3.8, 4) is 5.69 Å². The van der Waals surface area contributed by atoms with Gasteiger partial charge in [0.1, 0.15) is 6.61 Å². The highest BCUT2D eigenvalue weighted by Crippen LogP contribution is 2.22. The molecule has 6 nitrogen and oxygen atoms in total. The normalized spacial score (nSPS) is 13.8. The van der Waals surface area contributed by atoms with E-state index in [1.165, 1.54) is 17.3 Å². The van der Waals surface area contributed by atoms with Gasteiger partial charge in [-0.25, -0.2) is 9.78 Å². The predicted octanol–water partition coefficient (Wildman–Crippen LogP) is 4.27. The van der Waals surface area contributed by atoms with Crippen LogP contribution in [0.3, 0.4) is 0 Å². The molecule has 7 heteroatoms. The Morgan fingerprint density at radius 2 is 1.90 bits per heavy atom. The minimum atomic E-state index is -0.276. The van der Waals surface area contributed by atoms with Crippen molar-refractivity contribution < 1.29 is 9.53 Å². The number of unbranched alkanes of at least 4 members (excludes halogenated alkanes) is 1. The second kappa shape index (κ2) is 9.34. The lowest BCUT2D eigenvalue weighted by Gasteiger charge is -2.15. The first-order valence-corrected chi connectivity index (χ1v) is 11.3. The van der Waals surface area contributed by atoms with Crippen LogP contribution in [0.4, 0.5) is 4.79 Å². The maximum atomic E-state index is 13.3. The highest BCUT2D eigenvalue weighted by molar-refractivity contribution is 7.99. The largest absolute Gasteiger partial charge is 0.448 e. The summed E-state index contributed by atoms with van der Waals surface area (Å²) in [4.78, 5) is 31.4. The van der Waals surface area contributed by atoms with Gasteiger partial charge in [0.25, 0.3) is 5.56 Å². The molecule has 0 aliphatic carbocycles. The van der Waals surface area contributed by atoms with Gasteiger partial charge in [-0.1, -0.05) is 49.4 Å². The van der Waals surface area contributed by atoms with E-state index in [-0.39, 0.29) is 11.7 Å². The van der Waals surface area contributed by atoms with Gasteiger partial charge in [0.2, 0.25) is 0 Å². The van der Waals surface area contributed by atoms with Crippen molar-refractivity contribution in [2.45, 2.75) is 31.3 Å². The third-order valence-electron chi connectivity index (χ3n) is 5.20. The Kier molecular flexibility index (Phi) is 6.38. The van der Waals surface area contributed by atoms with Crippen molar-refractivity contribution in [1.29, 1.82) is 0 Å². The first-order valence-electron chi connectivity index (χ1n) is 10.3. The molecule has 1 fully saturated rings. The van der Waals surface area contributed by atoms with Crippen LogP contribution in [-0.2, 0) is 11.2 Å². The van der Waals surface area contributed by atoms with Crippen molar-refractivity contribution >= 4 is 28.8 Å². The van der Waals surface area contributed by atoms with Gasteiger partial charge < -0.3 is 9.64 Å². The van der Waals surface area contributed by atoms with Gasteiger partial charge in [-0.05, 0) is 42.7 Å². The van der Waals surface area contributed by atoms with Gasteiger partial charge in [-0.15, -0.1) is 0 Å². The Labute approximate surface area is 179 Å². The van der Waals surface area contributed by atoms with Gasteiger partial charge in [0.05, 0.1) is 23.1 Å². The van der Waals surface area contributed by atoms with Crippen LogP contribution in [-0.4, -0.2) is 46.0 Å². The number of rotatable bonds is 8. The van der Waals surface area contributed by atoms with E-state index >= 15 is 0 Å². The molecule has 1 aliphatic heterocycles. The number of nitrogens with zero attached hydrogens (tertiary/aromatic N) is 3. The first kappa shape index (κ1) is 20.5. The van der Waals surface area contributed by atoms with E-state index in [1.807, 2.05) is 36.4 Å². The van der Waals surface area contributed by atoms with Crippen LogP contribution >= 0.6 is 11.8 Å². The Bertz CT molecular complexity index is 1100. The summed E-state index contributed by atoms with van der Waals surface area (Å²) in [6.45, 7) is 3.78. The van der Waals surface area contributed by atoms with Crippen molar-refractivity contribution in [3.63, 3.8) is 0 Å². The number of amides is 1. The van der Waals surface area contributed by atoms with E-state index in [4.69, 9.17) is 9.72 Å². The molecule has 0 unspecified atom stereocenters. The number of fused-ring (bicyclic) bond motifs is 1. The molecule has 156 valence electrons. The summed E-state index contributed by atoms with van der Waals surface area (Å²) >= 11 is 1.48. The number of carbonyl (C=O) groups excluding carboxylic acids is 1. The van der Waals surface area contributed by atoms with Crippen LogP contribution in [0.15, 0.2) is 58.5 Å². The lowest BCUT2D eigenvalue weighted by Crippen LogP contribution is -2.27. The number of hydrogen-bond donors (Lipinski definition) is 0. The fraction of sp³-hybridized carbons (Fsp3) is 0.348. The molecule has 2 heterocycles. The summed E-state index contributed by atoms with van der Waals surface area (Å²) in [7, 11) is 0. The van der Waals surface area contributed by atoms with Gasteiger partial charge in [-0.2, -0.15) is 0 Å². The minimum absolute atomic E-state index is 0.0787. The molecule has 3 aromatic rings. The van der Waals surface area contributed by atoms with E-state index in [2.05, 4.69) is 19.1 Å². The number of ether oxygens (including phenoxy) is 1. The van der Waals surface area contributed by atoms with E-state index < -0.39 is 0 Å². The molecule has 2 aromatic carbocycles. The fourth-order valence-electron chi connectivity index (χ4n) is 3.51. The van der Waals surface area contributed by atoms with Gasteiger partial charge in [0, 0.05) is 12.3 Å². The quantitative estimate of drug-likeness (QED) is 0.400. The van der Waals surface area contributed by atoms with E-state index in [9.17, 15) is 9.59 Å². The molecular weight excluding hydrogens is 398 g/mol. The Hall–Kier alpha value is -2.80. The molecule has 1 aliphatic rings. The fourth-order valence-corrected chi connectivity index (χ4v) is 4.48. The Morgan fingerprint density at radius 3 is 2.63 bits per heavy atom. The Balaban J connectivity index is 1.65. The molecule has 0 spiro atoms. The minimum Gasteiger partial charge on any atom is -0.448 e. The van der Waals surface area contributed by atoms with Crippen LogP contribution in [0.25, 0.3) is 16.6 Å². The van der Waals surface area contributed by atoms with Crippen molar-refractivity contribution in [1.82, 2.24) is 14.5 Å². The summed E-state index contributed by atoms with van der Waals surface area (Å²) in [5, 5.41) is 1.23. The molecule has 0 saturated carbocycles. The lowest BCUT2D eigenvalue weighted by molar-refractivity contribution is 0.160. The standard InChI is InChI=1S/C23H25N3O3S/c1-2-3-6-17-9-11-18(12-10-17)26-21(27)19-7-4-5-8-20(19)24-22(26)30-16-14-25-13-15-29-23(25)28/h4-5,7-12H,2-3,6,13-16H2,1H3. The number of hydrogen-bond acceptors (Lipinski definition) is 5. The zero-order valence-corrected chi connectivity index (χ0v) is 17.9. The molecule has 4 rings (SSSR count). The predicted molar refractivity (Wildman–Crippen MR) is 120 cm³/mol. The molecule has 0 N–H and O–H groups in total. The molecule has 1 saturated heterocycles. The van der Waals surface area contributed by atoms with Gasteiger partial charge in [0.15, 0.2) is 5.16 Å². The van der Waals surface area contributed by atoms with Gasteiger partial charge in [-0.3, -0.25) is 9.36 Å². The second-order valence-corrected chi connectivity index (χ2v) is 8.33. The van der Waals surface area contributed by atoms with Crippen LogP contribution in [0.5, 0.6) is 0 Å². The van der Waals surface area contributed by atoms with Crippen LogP contribution in [0.1, 0.15) is 25.3 Å². The second-order valence-electron chi connectivity index (χ2n) is 7.27. The number of aromatic nitrogens is 2. The van der Waals surface area contributed by atoms with Crippen LogP contribution < -0.4 is 5.56 Å². The van der Waals surface area contributed by atoms with E-state index in [0.29, 0.717) is 41.5 Å². The molecule has 0 atom stereocenters. The first-order chi connectivity index (χ1) is 14.7. The number of para-hydroxylation sites is 1. The lowest BCUT2D eigenvalue weighted by atomic mass is 10.1. The summed E-state index contributed by atoms with van der Waals surface area (Å²) in [5.41, 5.74) is 2.68. The summed E-state index contributed by atoms with van der Waals surface area (Å²) < 4.78 is 6.66. The van der Waals surface area contributed by atoms with Crippen LogP contribution in [0, 0.1) is 0 Å². The third-order valence-corrected chi connectivity index (χ3v) is 6.11. The molecule has 0 radical (unpaired) electrons. The number of cyclic esters (lactones) is 1. The number of carbonyl (C=O) groups is 1. The van der Waals surface area contributed by atoms with Crippen molar-refractivity contribution in [2.75, 3.05) is 25.4 Å². The molecule has 0 bridgehead atoms. The maximum absolute atomic E-state index is 13.3. The van der Waals surface area contributed by atoms with E-state index in [1.54, 1.807) is 9.47 Å². The number of thioether (sulfide) groups is 1. The Morgan fingerprint density at radius 1 is 1.10 bits per heavy atom. The molecule has 1 amide bonds. The molecule has 30 heavy (non-hydrogen) atoms. The molecular formula is C23H25N3O3S. The SMILES string of the molecule is CCCCc1ccc(-n2c(SCCN3CCOC3=O)nc3ccccc3c2=O)cc1. The molecule has 1 aromatic heterocycles. The zero-order chi connectivity index (χ0) is 20.9.